The SMILES string of the molecule is c1ccc(P(c2ccccc2)C(c2ccccn2)N2CCCC2)cc1. The van der Waals surface area contributed by atoms with E-state index < -0.39 is 7.92 Å². The van der Waals surface area contributed by atoms with Gasteiger partial charge in [-0.3, -0.25) is 9.88 Å². The molecule has 1 aromatic heterocycles. The molecule has 25 heavy (non-hydrogen) atoms. The Bertz CT molecular complexity index is 731. The van der Waals surface area contributed by atoms with Crippen LogP contribution in [0.1, 0.15) is 24.3 Å². The van der Waals surface area contributed by atoms with Crippen LogP contribution >= 0.6 is 7.92 Å². The van der Waals surface area contributed by atoms with Gasteiger partial charge < -0.3 is 0 Å². The van der Waals surface area contributed by atoms with Gasteiger partial charge in [-0.25, -0.2) is 0 Å². The summed E-state index contributed by atoms with van der Waals surface area (Å²) in [7, 11) is -0.538. The molecule has 1 unspecified atom stereocenters. The first-order valence-electron chi connectivity index (χ1n) is 8.98. The van der Waals surface area contributed by atoms with E-state index in [-0.39, 0.29) is 0 Å². The lowest BCUT2D eigenvalue weighted by Crippen LogP contribution is -2.30. The van der Waals surface area contributed by atoms with Crippen LogP contribution in [-0.2, 0) is 0 Å². The van der Waals surface area contributed by atoms with Crippen molar-refractivity contribution < 1.29 is 0 Å². The molecule has 1 aliphatic rings. The second-order valence-electron chi connectivity index (χ2n) is 6.41. The quantitative estimate of drug-likeness (QED) is 0.640. The molecular weight excluding hydrogens is 323 g/mol. The second kappa shape index (κ2) is 7.91. The van der Waals surface area contributed by atoms with Crippen molar-refractivity contribution >= 4 is 18.5 Å². The number of pyridine rings is 1. The smallest absolute Gasteiger partial charge is 0.0804 e. The molecular formula is C22H23N2P. The van der Waals surface area contributed by atoms with Crippen LogP contribution in [-0.4, -0.2) is 23.0 Å². The molecule has 3 heteroatoms. The maximum atomic E-state index is 4.77. The average molecular weight is 346 g/mol. The number of likely N-dealkylation sites (tertiary alicyclic amines) is 1. The topological polar surface area (TPSA) is 16.1 Å². The van der Waals surface area contributed by atoms with E-state index in [0.29, 0.717) is 5.78 Å². The lowest BCUT2D eigenvalue weighted by atomic mass is 10.3. The van der Waals surface area contributed by atoms with E-state index in [1.54, 1.807) is 0 Å². The highest BCUT2D eigenvalue weighted by atomic mass is 31.1. The number of nitrogens with zero attached hydrogens (tertiary/aromatic N) is 2. The van der Waals surface area contributed by atoms with E-state index in [4.69, 9.17) is 4.98 Å². The monoisotopic (exact) mass is 346 g/mol. The standard InChI is InChI=1S/C22H23N2P/c1-3-11-19(12-4-1)25(20-13-5-2-6-14-20)22(24-17-9-10-18-24)21-15-7-8-16-23-21/h1-8,11-16,22H,9-10,17-18H2. The third kappa shape index (κ3) is 3.66. The van der Waals surface area contributed by atoms with Crippen molar-refractivity contribution in [3.8, 4) is 0 Å². The maximum Gasteiger partial charge on any atom is 0.0804 e. The van der Waals surface area contributed by atoms with Gasteiger partial charge in [-0.1, -0.05) is 66.7 Å². The van der Waals surface area contributed by atoms with Crippen molar-refractivity contribution in [3.63, 3.8) is 0 Å². The van der Waals surface area contributed by atoms with Gasteiger partial charge >= 0.3 is 0 Å². The fourth-order valence-corrected chi connectivity index (χ4v) is 6.43. The van der Waals surface area contributed by atoms with Crippen LogP contribution < -0.4 is 10.6 Å². The highest BCUT2D eigenvalue weighted by Crippen LogP contribution is 2.51. The molecule has 0 saturated carbocycles. The minimum atomic E-state index is -0.538. The third-order valence-electron chi connectivity index (χ3n) is 4.75. The predicted molar refractivity (Wildman–Crippen MR) is 107 cm³/mol. The van der Waals surface area contributed by atoms with Crippen molar-refractivity contribution in [1.29, 1.82) is 0 Å². The van der Waals surface area contributed by atoms with Crippen molar-refractivity contribution in [3.05, 3.63) is 90.8 Å². The zero-order valence-electron chi connectivity index (χ0n) is 14.3. The maximum absolute atomic E-state index is 4.77. The van der Waals surface area contributed by atoms with Gasteiger partial charge in [0.1, 0.15) is 0 Å². The number of benzene rings is 2. The first-order chi connectivity index (χ1) is 12.4. The van der Waals surface area contributed by atoms with E-state index in [1.807, 2.05) is 12.3 Å². The van der Waals surface area contributed by atoms with Gasteiger partial charge in [0.15, 0.2) is 0 Å². The Balaban J connectivity index is 1.84. The molecule has 1 saturated heterocycles. The van der Waals surface area contributed by atoms with Crippen LogP contribution in [0.2, 0.25) is 0 Å². The number of hydrogen-bond acceptors (Lipinski definition) is 2. The number of rotatable bonds is 5. The molecule has 1 fully saturated rings. The summed E-state index contributed by atoms with van der Waals surface area (Å²) < 4.78 is 0. The summed E-state index contributed by atoms with van der Waals surface area (Å²) in [4.78, 5) is 7.42. The molecule has 0 bridgehead atoms. The van der Waals surface area contributed by atoms with Crippen molar-refractivity contribution in [2.45, 2.75) is 18.6 Å². The van der Waals surface area contributed by atoms with Gasteiger partial charge in [0.2, 0.25) is 0 Å². The van der Waals surface area contributed by atoms with Gasteiger partial charge in [0.05, 0.1) is 11.5 Å². The molecule has 1 atom stereocenters. The van der Waals surface area contributed by atoms with Crippen LogP contribution in [0.15, 0.2) is 85.1 Å². The molecule has 3 aromatic rings. The lowest BCUT2D eigenvalue weighted by molar-refractivity contribution is 0.314. The molecule has 2 nitrogen and oxygen atoms in total. The fourth-order valence-electron chi connectivity index (χ4n) is 3.61. The summed E-state index contributed by atoms with van der Waals surface area (Å²) in [6.45, 7) is 2.33. The summed E-state index contributed by atoms with van der Waals surface area (Å²) in [5, 5.41) is 2.84. The summed E-state index contributed by atoms with van der Waals surface area (Å²) >= 11 is 0. The molecule has 0 N–H and O–H groups in total. The third-order valence-corrected chi connectivity index (χ3v) is 7.54. The van der Waals surface area contributed by atoms with E-state index >= 15 is 0 Å². The van der Waals surface area contributed by atoms with Gasteiger partial charge in [-0.15, -0.1) is 0 Å². The minimum Gasteiger partial charge on any atom is -0.291 e. The predicted octanol–water partition coefficient (Wildman–Crippen LogP) is 4.31. The first kappa shape index (κ1) is 16.4. The zero-order valence-corrected chi connectivity index (χ0v) is 15.2. The Morgan fingerprint density at radius 3 is 1.80 bits per heavy atom. The Morgan fingerprint density at radius 1 is 0.720 bits per heavy atom. The molecule has 126 valence electrons. The van der Waals surface area contributed by atoms with Crippen LogP contribution in [0.3, 0.4) is 0 Å². The number of aromatic nitrogens is 1. The van der Waals surface area contributed by atoms with E-state index in [1.165, 1.54) is 42.2 Å². The van der Waals surface area contributed by atoms with Crippen LogP contribution in [0, 0.1) is 0 Å². The van der Waals surface area contributed by atoms with Crippen molar-refractivity contribution in [2.24, 2.45) is 0 Å². The average Bonchev–Trinajstić information content (AvgIpc) is 3.22. The molecule has 0 amide bonds. The minimum absolute atomic E-state index is 0.337. The highest BCUT2D eigenvalue weighted by molar-refractivity contribution is 7.73. The number of hydrogen-bond donors (Lipinski definition) is 0. The highest BCUT2D eigenvalue weighted by Gasteiger charge is 2.33. The molecule has 4 rings (SSSR count). The summed E-state index contributed by atoms with van der Waals surface area (Å²) in [6, 6.07) is 28.3. The molecule has 2 aromatic carbocycles. The van der Waals surface area contributed by atoms with Crippen LogP contribution in [0.5, 0.6) is 0 Å². The van der Waals surface area contributed by atoms with Crippen molar-refractivity contribution in [1.82, 2.24) is 9.88 Å². The molecule has 0 spiro atoms. The summed E-state index contributed by atoms with van der Waals surface area (Å²) in [5.41, 5.74) is 1.20. The zero-order chi connectivity index (χ0) is 16.9. The molecule has 0 aliphatic carbocycles. The van der Waals surface area contributed by atoms with E-state index in [0.717, 1.165) is 0 Å². The Kier molecular flexibility index (Phi) is 5.20. The molecule has 1 aliphatic heterocycles. The van der Waals surface area contributed by atoms with Gasteiger partial charge in [-0.2, -0.15) is 0 Å². The summed E-state index contributed by atoms with van der Waals surface area (Å²) in [5.74, 6) is 0.337. The van der Waals surface area contributed by atoms with Gasteiger partial charge in [0.25, 0.3) is 0 Å². The molecule has 0 radical (unpaired) electrons. The van der Waals surface area contributed by atoms with E-state index in [2.05, 4.69) is 77.7 Å². The summed E-state index contributed by atoms with van der Waals surface area (Å²) in [6.07, 6.45) is 4.51. The fraction of sp³-hybridized carbons (Fsp3) is 0.227. The Labute approximate surface area is 151 Å². The van der Waals surface area contributed by atoms with Crippen molar-refractivity contribution in [2.75, 3.05) is 13.1 Å². The van der Waals surface area contributed by atoms with Crippen LogP contribution in [0.4, 0.5) is 0 Å². The molecule has 2 heterocycles. The first-order valence-corrected chi connectivity index (χ1v) is 10.4. The van der Waals surface area contributed by atoms with E-state index in [9.17, 15) is 0 Å². The normalized spacial score (nSPS) is 16.2. The Morgan fingerprint density at radius 2 is 1.28 bits per heavy atom. The Hall–Kier alpha value is -2.02. The van der Waals surface area contributed by atoms with Crippen LogP contribution in [0.25, 0.3) is 0 Å². The largest absolute Gasteiger partial charge is 0.291 e. The van der Waals surface area contributed by atoms with Gasteiger partial charge in [-0.05, 0) is 56.6 Å². The lowest BCUT2D eigenvalue weighted by Gasteiger charge is -2.35. The second-order valence-corrected chi connectivity index (χ2v) is 8.67. The van der Waals surface area contributed by atoms with Gasteiger partial charge in [0, 0.05) is 6.20 Å².